The molecule has 0 radical (unpaired) electrons. The number of nitrogens with zero attached hydrogens (tertiary/aromatic N) is 2. The molecule has 78 valence electrons. The molecule has 0 heterocycles. The molecule has 0 aliphatic carbocycles. The highest BCUT2D eigenvalue weighted by Crippen LogP contribution is 1.93. The standard InChI is InChI=1S/C9H20N2O2/c1-5-11(8-7-10(3)4)9(12)13-6-2/h5-8H2,1-4H3. The molecule has 0 bridgehead atoms. The van der Waals surface area contributed by atoms with Crippen molar-refractivity contribution in [2.45, 2.75) is 13.8 Å². The summed E-state index contributed by atoms with van der Waals surface area (Å²) < 4.78 is 4.90. The second kappa shape index (κ2) is 6.71. The number of hydrogen-bond acceptors (Lipinski definition) is 3. The summed E-state index contributed by atoms with van der Waals surface area (Å²) in [6.45, 7) is 6.50. The monoisotopic (exact) mass is 188 g/mol. The Morgan fingerprint density at radius 3 is 2.23 bits per heavy atom. The van der Waals surface area contributed by atoms with Gasteiger partial charge in [-0.25, -0.2) is 4.79 Å². The summed E-state index contributed by atoms with van der Waals surface area (Å²) in [6.07, 6.45) is -0.216. The van der Waals surface area contributed by atoms with Gasteiger partial charge in [0.05, 0.1) is 6.61 Å². The second-order valence-corrected chi connectivity index (χ2v) is 3.08. The van der Waals surface area contributed by atoms with E-state index in [1.54, 1.807) is 4.90 Å². The summed E-state index contributed by atoms with van der Waals surface area (Å²) in [5.74, 6) is 0. The minimum Gasteiger partial charge on any atom is -0.450 e. The van der Waals surface area contributed by atoms with Crippen LogP contribution in [0.3, 0.4) is 0 Å². The molecule has 0 fully saturated rings. The molecule has 0 aliphatic rings. The lowest BCUT2D eigenvalue weighted by molar-refractivity contribution is 0.106. The quantitative estimate of drug-likeness (QED) is 0.646. The second-order valence-electron chi connectivity index (χ2n) is 3.08. The first-order valence-corrected chi connectivity index (χ1v) is 4.68. The number of hydrogen-bond donors (Lipinski definition) is 0. The molecule has 0 unspecified atom stereocenters. The number of amides is 1. The number of ether oxygens (including phenoxy) is 1. The van der Waals surface area contributed by atoms with Crippen molar-refractivity contribution in [2.75, 3.05) is 40.3 Å². The topological polar surface area (TPSA) is 32.8 Å². The summed E-state index contributed by atoms with van der Waals surface area (Å²) in [6, 6.07) is 0. The number of rotatable bonds is 5. The van der Waals surface area contributed by atoms with Crippen molar-refractivity contribution >= 4 is 6.09 Å². The van der Waals surface area contributed by atoms with E-state index in [0.29, 0.717) is 13.2 Å². The number of likely N-dealkylation sites (N-methyl/N-ethyl adjacent to an activating group) is 2. The Morgan fingerprint density at radius 2 is 1.85 bits per heavy atom. The summed E-state index contributed by atoms with van der Waals surface area (Å²) in [5.41, 5.74) is 0. The molecule has 1 amide bonds. The van der Waals surface area contributed by atoms with Crippen molar-refractivity contribution in [1.82, 2.24) is 9.80 Å². The Balaban J connectivity index is 3.80. The van der Waals surface area contributed by atoms with Crippen LogP contribution < -0.4 is 0 Å². The van der Waals surface area contributed by atoms with E-state index in [9.17, 15) is 4.79 Å². The maximum Gasteiger partial charge on any atom is 0.409 e. The van der Waals surface area contributed by atoms with Gasteiger partial charge in [-0.2, -0.15) is 0 Å². The summed E-state index contributed by atoms with van der Waals surface area (Å²) in [5, 5.41) is 0. The molecule has 0 atom stereocenters. The van der Waals surface area contributed by atoms with Gasteiger partial charge in [0.2, 0.25) is 0 Å². The molecule has 4 heteroatoms. The molecule has 0 aromatic carbocycles. The fraction of sp³-hybridized carbons (Fsp3) is 0.889. The minimum absolute atomic E-state index is 0.216. The largest absolute Gasteiger partial charge is 0.450 e. The summed E-state index contributed by atoms with van der Waals surface area (Å²) in [4.78, 5) is 15.0. The lowest BCUT2D eigenvalue weighted by atomic mass is 10.5. The lowest BCUT2D eigenvalue weighted by Gasteiger charge is -2.21. The Labute approximate surface area is 80.5 Å². The van der Waals surface area contributed by atoms with Gasteiger partial charge in [-0.15, -0.1) is 0 Å². The van der Waals surface area contributed by atoms with Crippen LogP contribution in [-0.2, 0) is 4.74 Å². The third-order valence-corrected chi connectivity index (χ3v) is 1.72. The molecule has 0 spiro atoms. The molecular weight excluding hydrogens is 168 g/mol. The van der Waals surface area contributed by atoms with Gasteiger partial charge in [0.1, 0.15) is 0 Å². The molecule has 0 aliphatic heterocycles. The van der Waals surface area contributed by atoms with Crippen molar-refractivity contribution < 1.29 is 9.53 Å². The van der Waals surface area contributed by atoms with Gasteiger partial charge in [0, 0.05) is 19.6 Å². The average molecular weight is 188 g/mol. The molecule has 0 saturated heterocycles. The molecule has 0 aromatic rings. The van der Waals surface area contributed by atoms with E-state index in [4.69, 9.17) is 4.74 Å². The molecule has 0 N–H and O–H groups in total. The lowest BCUT2D eigenvalue weighted by Crippen LogP contribution is -2.36. The molecule has 4 nitrogen and oxygen atoms in total. The smallest absolute Gasteiger partial charge is 0.409 e. The fourth-order valence-corrected chi connectivity index (χ4v) is 0.914. The fourth-order valence-electron chi connectivity index (χ4n) is 0.914. The van der Waals surface area contributed by atoms with Crippen LogP contribution in [0, 0.1) is 0 Å². The normalized spacial score (nSPS) is 10.2. The van der Waals surface area contributed by atoms with Crippen molar-refractivity contribution in [3.05, 3.63) is 0 Å². The van der Waals surface area contributed by atoms with Crippen LogP contribution in [0.4, 0.5) is 4.79 Å². The van der Waals surface area contributed by atoms with Gasteiger partial charge in [0.15, 0.2) is 0 Å². The molecular formula is C9H20N2O2. The molecule has 13 heavy (non-hydrogen) atoms. The van der Waals surface area contributed by atoms with Gasteiger partial charge < -0.3 is 14.5 Å². The first kappa shape index (κ1) is 12.2. The van der Waals surface area contributed by atoms with E-state index < -0.39 is 0 Å². The third-order valence-electron chi connectivity index (χ3n) is 1.72. The van der Waals surface area contributed by atoms with Crippen LogP contribution in [0.2, 0.25) is 0 Å². The van der Waals surface area contributed by atoms with Gasteiger partial charge in [-0.05, 0) is 27.9 Å². The zero-order valence-electron chi connectivity index (χ0n) is 9.04. The minimum atomic E-state index is -0.216. The van der Waals surface area contributed by atoms with Crippen molar-refractivity contribution in [3.63, 3.8) is 0 Å². The van der Waals surface area contributed by atoms with Gasteiger partial charge in [-0.3, -0.25) is 0 Å². The molecule has 0 rings (SSSR count). The third kappa shape index (κ3) is 5.47. The molecule has 0 saturated carbocycles. The first-order chi connectivity index (χ1) is 6.11. The first-order valence-electron chi connectivity index (χ1n) is 4.68. The van der Waals surface area contributed by atoms with Crippen molar-refractivity contribution in [1.29, 1.82) is 0 Å². The predicted molar refractivity (Wildman–Crippen MR) is 52.8 cm³/mol. The van der Waals surface area contributed by atoms with Crippen LogP contribution >= 0.6 is 0 Å². The van der Waals surface area contributed by atoms with Gasteiger partial charge >= 0.3 is 6.09 Å². The van der Waals surface area contributed by atoms with Gasteiger partial charge in [-0.1, -0.05) is 0 Å². The predicted octanol–water partition coefficient (Wildman–Crippen LogP) is 1.03. The highest BCUT2D eigenvalue weighted by molar-refractivity contribution is 5.67. The van der Waals surface area contributed by atoms with E-state index in [2.05, 4.69) is 0 Å². The van der Waals surface area contributed by atoms with Crippen LogP contribution in [-0.4, -0.2) is 56.2 Å². The summed E-state index contributed by atoms with van der Waals surface area (Å²) in [7, 11) is 3.97. The SMILES string of the molecule is CCOC(=O)N(CC)CCN(C)C. The zero-order valence-corrected chi connectivity index (χ0v) is 9.04. The highest BCUT2D eigenvalue weighted by Gasteiger charge is 2.11. The van der Waals surface area contributed by atoms with E-state index in [-0.39, 0.29) is 6.09 Å². The van der Waals surface area contributed by atoms with Crippen LogP contribution in [0.15, 0.2) is 0 Å². The van der Waals surface area contributed by atoms with Crippen LogP contribution in [0.1, 0.15) is 13.8 Å². The van der Waals surface area contributed by atoms with E-state index in [0.717, 1.165) is 13.1 Å². The van der Waals surface area contributed by atoms with Crippen molar-refractivity contribution in [2.24, 2.45) is 0 Å². The van der Waals surface area contributed by atoms with Crippen LogP contribution in [0.25, 0.3) is 0 Å². The van der Waals surface area contributed by atoms with Crippen molar-refractivity contribution in [3.8, 4) is 0 Å². The van der Waals surface area contributed by atoms with E-state index >= 15 is 0 Å². The Hall–Kier alpha value is -0.770. The molecule has 0 aromatic heterocycles. The number of carbonyl (C=O) groups is 1. The Bertz CT molecular complexity index is 149. The number of carbonyl (C=O) groups excluding carboxylic acids is 1. The maximum atomic E-state index is 11.3. The zero-order chi connectivity index (χ0) is 10.3. The Morgan fingerprint density at radius 1 is 1.23 bits per heavy atom. The average Bonchev–Trinajstić information content (AvgIpc) is 2.05. The maximum absolute atomic E-state index is 11.3. The summed E-state index contributed by atoms with van der Waals surface area (Å²) >= 11 is 0. The van der Waals surface area contributed by atoms with Crippen LogP contribution in [0.5, 0.6) is 0 Å². The van der Waals surface area contributed by atoms with Gasteiger partial charge in [0.25, 0.3) is 0 Å². The van der Waals surface area contributed by atoms with E-state index in [1.165, 1.54) is 0 Å². The van der Waals surface area contributed by atoms with E-state index in [1.807, 2.05) is 32.8 Å². The Kier molecular flexibility index (Phi) is 6.32. The highest BCUT2D eigenvalue weighted by atomic mass is 16.6.